The summed E-state index contributed by atoms with van der Waals surface area (Å²) in [5.41, 5.74) is 4.21. The molecule has 4 saturated carbocycles. The number of hydrogen-bond donors (Lipinski definition) is 4. The zero-order chi connectivity index (χ0) is 38.2. The molecule has 7 rings (SSSR count). The molecule has 10 heteroatoms. The topological polar surface area (TPSA) is 124 Å². The van der Waals surface area contributed by atoms with Crippen LogP contribution in [0.5, 0.6) is 5.75 Å². The number of hydrogen-bond acceptors (Lipinski definition) is 8. The summed E-state index contributed by atoms with van der Waals surface area (Å²) in [5, 5.41) is 29.7. The predicted octanol–water partition coefficient (Wildman–Crippen LogP) is 6.18. The second-order valence-electron chi connectivity index (χ2n) is 17.3. The SMILES string of the molecule is CC[C@@H](NC(=O)c1cc(-c2cccc(CN3O[C@@H](CO)[C@H]([C@H](C)O)[C@H]3C(=O)N[C@H]3C[C@H]4C[C@@H]([C@@H]3C)C4(C)C)c2OC)cc(N(C)C)c1)C1CCCCC1. The molecule has 0 aromatic heterocycles. The van der Waals surface area contributed by atoms with E-state index in [1.807, 2.05) is 49.3 Å². The number of amides is 2. The highest BCUT2D eigenvalue weighted by Crippen LogP contribution is 2.61. The van der Waals surface area contributed by atoms with Crippen molar-refractivity contribution in [1.29, 1.82) is 0 Å². The second-order valence-corrected chi connectivity index (χ2v) is 17.3. The molecule has 2 bridgehead atoms. The lowest BCUT2D eigenvalue weighted by molar-refractivity contribution is -0.183. The number of ether oxygens (including phenoxy) is 1. The van der Waals surface area contributed by atoms with E-state index in [0.29, 0.717) is 40.4 Å². The van der Waals surface area contributed by atoms with Crippen LogP contribution in [0.1, 0.15) is 102 Å². The molecular weight excluding hydrogens is 668 g/mol. The van der Waals surface area contributed by atoms with Crippen LogP contribution in [0, 0.1) is 35.0 Å². The normalized spacial score (nSPS) is 29.5. The van der Waals surface area contributed by atoms with Gasteiger partial charge < -0.3 is 30.5 Å². The van der Waals surface area contributed by atoms with E-state index >= 15 is 0 Å². The van der Waals surface area contributed by atoms with Gasteiger partial charge in [0, 0.05) is 54.5 Å². The van der Waals surface area contributed by atoms with Crippen LogP contribution in [0.3, 0.4) is 0 Å². The van der Waals surface area contributed by atoms with Crippen LogP contribution >= 0.6 is 0 Å². The quantitative estimate of drug-likeness (QED) is 0.193. The third kappa shape index (κ3) is 7.84. The molecule has 10 nitrogen and oxygen atoms in total. The van der Waals surface area contributed by atoms with Crippen molar-refractivity contribution in [2.45, 2.75) is 123 Å². The summed E-state index contributed by atoms with van der Waals surface area (Å²) in [4.78, 5) is 36.4. The van der Waals surface area contributed by atoms with Gasteiger partial charge >= 0.3 is 0 Å². The number of aliphatic hydroxyl groups is 2. The number of anilines is 1. The Balaban J connectivity index is 1.28. The van der Waals surface area contributed by atoms with Gasteiger partial charge in [-0.2, -0.15) is 5.06 Å². The molecule has 1 heterocycles. The smallest absolute Gasteiger partial charge is 0.251 e. The Kier molecular flexibility index (Phi) is 12.1. The van der Waals surface area contributed by atoms with Crippen LogP contribution < -0.4 is 20.3 Å². The number of hydroxylamine groups is 2. The van der Waals surface area contributed by atoms with Gasteiger partial charge in [0.05, 0.1) is 26.4 Å². The van der Waals surface area contributed by atoms with Crippen molar-refractivity contribution in [2.75, 3.05) is 32.7 Å². The lowest BCUT2D eigenvalue weighted by Crippen LogP contribution is -2.62. The zero-order valence-corrected chi connectivity index (χ0v) is 33.2. The van der Waals surface area contributed by atoms with E-state index in [9.17, 15) is 19.8 Å². The fraction of sp³-hybridized carbons (Fsp3) is 0.674. The van der Waals surface area contributed by atoms with Crippen LogP contribution in [-0.2, 0) is 16.2 Å². The molecule has 0 unspecified atom stereocenters. The average Bonchev–Trinajstić information content (AvgIpc) is 3.53. The van der Waals surface area contributed by atoms with Crippen molar-refractivity contribution in [3.63, 3.8) is 0 Å². The van der Waals surface area contributed by atoms with Gasteiger partial charge in [-0.15, -0.1) is 0 Å². The van der Waals surface area contributed by atoms with Gasteiger partial charge in [-0.25, -0.2) is 0 Å². The highest BCUT2D eigenvalue weighted by Gasteiger charge is 2.57. The molecule has 0 radical (unpaired) electrons. The molecule has 5 aliphatic rings. The molecule has 9 atom stereocenters. The van der Waals surface area contributed by atoms with E-state index in [1.54, 1.807) is 19.1 Å². The van der Waals surface area contributed by atoms with Gasteiger partial charge in [0.2, 0.25) is 5.91 Å². The number of aliphatic hydroxyl groups excluding tert-OH is 2. The summed E-state index contributed by atoms with van der Waals surface area (Å²) in [6.07, 6.45) is 7.45. The van der Waals surface area contributed by atoms with Crippen LogP contribution in [0.15, 0.2) is 36.4 Å². The molecule has 4 aliphatic carbocycles. The molecule has 5 fully saturated rings. The van der Waals surface area contributed by atoms with E-state index in [-0.39, 0.29) is 37.0 Å². The van der Waals surface area contributed by atoms with Crippen LogP contribution in [0.2, 0.25) is 0 Å². The molecule has 1 saturated heterocycles. The fourth-order valence-electron chi connectivity index (χ4n) is 10.3. The van der Waals surface area contributed by atoms with Gasteiger partial charge in [0.1, 0.15) is 17.9 Å². The maximum atomic E-state index is 14.3. The van der Waals surface area contributed by atoms with Crippen LogP contribution in [0.25, 0.3) is 11.1 Å². The highest BCUT2D eigenvalue weighted by atomic mass is 16.7. The van der Waals surface area contributed by atoms with Crippen molar-refractivity contribution in [3.05, 3.63) is 47.5 Å². The van der Waals surface area contributed by atoms with Gasteiger partial charge in [-0.3, -0.25) is 14.4 Å². The van der Waals surface area contributed by atoms with E-state index < -0.39 is 24.2 Å². The molecular formula is C43H64N4O6. The van der Waals surface area contributed by atoms with Gasteiger partial charge in [0.25, 0.3) is 5.91 Å². The molecule has 53 heavy (non-hydrogen) atoms. The average molecular weight is 733 g/mol. The lowest BCUT2D eigenvalue weighted by atomic mass is 9.45. The predicted molar refractivity (Wildman–Crippen MR) is 208 cm³/mol. The monoisotopic (exact) mass is 732 g/mol. The first kappa shape index (κ1) is 39.5. The number of carbonyl (C=O) groups is 2. The van der Waals surface area contributed by atoms with Gasteiger partial charge in [-0.05, 0) is 91.9 Å². The Morgan fingerprint density at radius 3 is 2.45 bits per heavy atom. The maximum absolute atomic E-state index is 14.3. The third-order valence-corrected chi connectivity index (χ3v) is 13.7. The molecule has 0 spiro atoms. The molecule has 2 aromatic rings. The Labute approximate surface area is 316 Å². The first-order valence-corrected chi connectivity index (χ1v) is 20.1. The molecule has 1 aliphatic heterocycles. The summed E-state index contributed by atoms with van der Waals surface area (Å²) < 4.78 is 6.10. The van der Waals surface area contributed by atoms with Crippen molar-refractivity contribution in [1.82, 2.24) is 15.7 Å². The minimum absolute atomic E-state index is 0.0486. The minimum Gasteiger partial charge on any atom is -0.496 e. The van der Waals surface area contributed by atoms with Crippen LogP contribution in [0.4, 0.5) is 5.69 Å². The highest BCUT2D eigenvalue weighted by molar-refractivity contribution is 5.97. The Morgan fingerprint density at radius 2 is 1.85 bits per heavy atom. The number of para-hydroxylation sites is 1. The number of rotatable bonds is 13. The fourth-order valence-corrected chi connectivity index (χ4v) is 10.3. The first-order valence-electron chi connectivity index (χ1n) is 20.1. The van der Waals surface area contributed by atoms with Crippen molar-refractivity contribution in [3.8, 4) is 16.9 Å². The van der Waals surface area contributed by atoms with Crippen LogP contribution in [-0.4, -0.2) is 85.2 Å². The van der Waals surface area contributed by atoms with E-state index in [1.165, 1.54) is 25.7 Å². The summed E-state index contributed by atoms with van der Waals surface area (Å²) in [5.74, 6) is 1.71. The number of nitrogens with one attached hydrogen (secondary N) is 2. The summed E-state index contributed by atoms with van der Waals surface area (Å²) >= 11 is 0. The standard InChI is InChI=1S/C43H64N4O6/c1-9-35(27-14-11-10-12-15-27)44-41(50)30-18-29(19-32(20-30)46(6)7)33-17-13-16-28(40(33)52-8)23-47-39(38(26(3)49)37(24-48)53-47)42(51)45-36-22-31-21-34(25(36)2)43(31,4)5/h13,16-20,25-27,31,34-39,48-49H,9-12,14-15,21-24H2,1-8H3,(H,44,50)(H,45,51)/t25-,26-,31+,34-,35+,36-,37-,38-,39-/m0/s1. The number of benzene rings is 2. The summed E-state index contributed by atoms with van der Waals surface area (Å²) in [7, 11) is 5.56. The van der Waals surface area contributed by atoms with Crippen molar-refractivity contribution >= 4 is 17.5 Å². The summed E-state index contributed by atoms with van der Waals surface area (Å²) in [6.45, 7) is 10.6. The Morgan fingerprint density at radius 1 is 1.11 bits per heavy atom. The van der Waals surface area contributed by atoms with E-state index in [4.69, 9.17) is 9.57 Å². The first-order chi connectivity index (χ1) is 25.3. The number of fused-ring (bicyclic) bond motifs is 2. The third-order valence-electron chi connectivity index (χ3n) is 13.7. The number of carbonyl (C=O) groups excluding carboxylic acids is 2. The molecule has 4 N–H and O–H groups in total. The van der Waals surface area contributed by atoms with Crippen molar-refractivity contribution < 1.29 is 29.4 Å². The second kappa shape index (κ2) is 16.3. The largest absolute Gasteiger partial charge is 0.496 e. The van der Waals surface area contributed by atoms with Gasteiger partial charge in [-0.1, -0.05) is 65.2 Å². The molecule has 292 valence electrons. The van der Waals surface area contributed by atoms with E-state index in [0.717, 1.165) is 48.1 Å². The number of nitrogens with zero attached hydrogens (tertiary/aromatic N) is 2. The summed E-state index contributed by atoms with van der Waals surface area (Å²) in [6, 6.07) is 11.2. The van der Waals surface area contributed by atoms with Gasteiger partial charge in [0.15, 0.2) is 0 Å². The Hall–Kier alpha value is -3.18. The number of methoxy groups -OCH3 is 1. The zero-order valence-electron chi connectivity index (χ0n) is 33.2. The lowest BCUT2D eigenvalue weighted by Gasteiger charge is -2.62. The van der Waals surface area contributed by atoms with Crippen molar-refractivity contribution in [2.24, 2.45) is 35.0 Å². The minimum atomic E-state index is -0.888. The van der Waals surface area contributed by atoms with E-state index in [2.05, 4.69) is 44.4 Å². The molecule has 2 aromatic carbocycles. The maximum Gasteiger partial charge on any atom is 0.251 e. The Bertz CT molecular complexity index is 1600. The molecule has 2 amide bonds.